The van der Waals surface area contributed by atoms with Crippen molar-refractivity contribution in [1.29, 1.82) is 0 Å². The molecule has 1 aromatic carbocycles. The number of amides is 2. The lowest BCUT2D eigenvalue weighted by atomic mass is 10.1. The Kier molecular flexibility index (Phi) is 7.34. The van der Waals surface area contributed by atoms with Crippen LogP contribution in [-0.4, -0.2) is 62.8 Å². The minimum Gasteiger partial charge on any atom is -0.456 e. The van der Waals surface area contributed by atoms with Crippen LogP contribution in [0.4, 0.5) is 16.4 Å². The fourth-order valence-corrected chi connectivity index (χ4v) is 4.38. The Labute approximate surface area is 219 Å². The van der Waals surface area contributed by atoms with E-state index in [-0.39, 0.29) is 18.0 Å². The first-order valence-corrected chi connectivity index (χ1v) is 12.5. The molecule has 4 aromatic rings. The second-order valence-corrected chi connectivity index (χ2v) is 9.03. The van der Waals surface area contributed by atoms with Gasteiger partial charge in [0.1, 0.15) is 22.7 Å². The number of benzene rings is 1. The first-order chi connectivity index (χ1) is 18.5. The molecule has 196 valence electrons. The molecule has 1 saturated heterocycles. The third kappa shape index (κ3) is 5.66. The smallest absolute Gasteiger partial charge is 0.409 e. The van der Waals surface area contributed by atoms with Crippen molar-refractivity contribution in [2.75, 3.05) is 30.3 Å². The maximum absolute atomic E-state index is 12.6. The van der Waals surface area contributed by atoms with Crippen LogP contribution < -0.4 is 15.4 Å². The summed E-state index contributed by atoms with van der Waals surface area (Å²) in [5.41, 5.74) is 2.06. The summed E-state index contributed by atoms with van der Waals surface area (Å²) in [4.78, 5) is 35.0. The van der Waals surface area contributed by atoms with Crippen molar-refractivity contribution in [2.45, 2.75) is 32.7 Å². The van der Waals surface area contributed by atoms with Gasteiger partial charge in [0.15, 0.2) is 11.5 Å². The molecule has 2 amide bonds. The van der Waals surface area contributed by atoms with Crippen molar-refractivity contribution >= 4 is 34.7 Å². The van der Waals surface area contributed by atoms with Crippen LogP contribution in [0.5, 0.6) is 11.5 Å². The molecule has 4 heterocycles. The number of fused-ring (bicyclic) bond motifs is 1. The standard InChI is InChI=1S/C27H29N7O4/c1-3-37-27(36)34-14-4-5-19(16-34)30-25-23-21(11-13-29-24(23)32-33-25)38-20-8-6-18(7-9-20)26(35)31-22-15-17(2)10-12-28-22/h6-13,15,19H,3-5,14,16H2,1-2H3,(H,28,31,35)(H2,29,30,32,33)/t19-/m1/s1. The number of carbonyl (C=O) groups excluding carboxylic acids is 2. The third-order valence-electron chi connectivity index (χ3n) is 6.21. The fourth-order valence-electron chi connectivity index (χ4n) is 4.38. The highest BCUT2D eigenvalue weighted by atomic mass is 16.6. The van der Waals surface area contributed by atoms with Gasteiger partial charge in [-0.15, -0.1) is 0 Å². The van der Waals surface area contributed by atoms with Crippen LogP contribution in [-0.2, 0) is 4.74 Å². The van der Waals surface area contributed by atoms with Gasteiger partial charge in [0.2, 0.25) is 0 Å². The zero-order valence-corrected chi connectivity index (χ0v) is 21.2. The van der Waals surface area contributed by atoms with Crippen LogP contribution >= 0.6 is 0 Å². The van der Waals surface area contributed by atoms with E-state index in [1.807, 2.05) is 19.1 Å². The molecule has 0 radical (unpaired) electrons. The number of hydrogen-bond donors (Lipinski definition) is 3. The van der Waals surface area contributed by atoms with E-state index in [4.69, 9.17) is 9.47 Å². The van der Waals surface area contributed by atoms with Gasteiger partial charge in [0.25, 0.3) is 5.91 Å². The molecule has 0 bridgehead atoms. The fraction of sp³-hybridized carbons (Fsp3) is 0.296. The number of carbonyl (C=O) groups is 2. The van der Waals surface area contributed by atoms with Crippen LogP contribution in [0.15, 0.2) is 54.9 Å². The van der Waals surface area contributed by atoms with E-state index in [2.05, 4.69) is 30.8 Å². The topological polar surface area (TPSA) is 134 Å². The van der Waals surface area contributed by atoms with Gasteiger partial charge in [-0.05, 0) is 68.7 Å². The number of likely N-dealkylation sites (tertiary alicyclic amines) is 1. The number of pyridine rings is 2. The molecule has 11 nitrogen and oxygen atoms in total. The van der Waals surface area contributed by atoms with Gasteiger partial charge in [-0.1, -0.05) is 0 Å². The minimum atomic E-state index is -0.302. The summed E-state index contributed by atoms with van der Waals surface area (Å²) >= 11 is 0. The quantitative estimate of drug-likeness (QED) is 0.321. The number of nitrogens with zero attached hydrogens (tertiary/aromatic N) is 4. The van der Waals surface area contributed by atoms with Crippen LogP contribution in [0.25, 0.3) is 11.0 Å². The van der Waals surface area contributed by atoms with Gasteiger partial charge in [0, 0.05) is 43.2 Å². The van der Waals surface area contributed by atoms with Gasteiger partial charge < -0.3 is 25.0 Å². The molecule has 1 atom stereocenters. The second kappa shape index (κ2) is 11.2. The summed E-state index contributed by atoms with van der Waals surface area (Å²) in [6, 6.07) is 12.3. The molecule has 0 unspecified atom stereocenters. The van der Waals surface area contributed by atoms with Crippen molar-refractivity contribution < 1.29 is 19.1 Å². The Balaban J connectivity index is 1.29. The van der Waals surface area contributed by atoms with Gasteiger partial charge in [-0.2, -0.15) is 5.10 Å². The lowest BCUT2D eigenvalue weighted by Crippen LogP contribution is -2.45. The number of aryl methyl sites for hydroxylation is 1. The van der Waals surface area contributed by atoms with E-state index < -0.39 is 0 Å². The summed E-state index contributed by atoms with van der Waals surface area (Å²) < 4.78 is 11.3. The number of rotatable bonds is 7. The number of hydrogen-bond acceptors (Lipinski definition) is 8. The molecular weight excluding hydrogens is 486 g/mol. The zero-order chi connectivity index (χ0) is 26.5. The Bertz CT molecular complexity index is 1440. The van der Waals surface area contributed by atoms with Gasteiger partial charge >= 0.3 is 6.09 Å². The van der Waals surface area contributed by atoms with E-state index in [1.165, 1.54) is 0 Å². The molecule has 0 spiro atoms. The largest absolute Gasteiger partial charge is 0.456 e. The summed E-state index contributed by atoms with van der Waals surface area (Å²) in [5.74, 6) is 1.96. The molecule has 5 rings (SSSR count). The van der Waals surface area contributed by atoms with E-state index in [0.717, 1.165) is 18.4 Å². The Morgan fingerprint density at radius 2 is 1.95 bits per heavy atom. The van der Waals surface area contributed by atoms with Gasteiger partial charge in [0.05, 0.1) is 6.61 Å². The SMILES string of the molecule is CCOC(=O)N1CCC[C@@H](Nc2n[nH]c3nccc(Oc4ccc(C(=O)Nc5cc(C)ccn5)cc4)c23)C1. The lowest BCUT2D eigenvalue weighted by Gasteiger charge is -2.32. The molecule has 1 aliphatic rings. The zero-order valence-electron chi connectivity index (χ0n) is 21.2. The Hall–Kier alpha value is -4.67. The second-order valence-electron chi connectivity index (χ2n) is 9.03. The van der Waals surface area contributed by atoms with Crippen LogP contribution in [0.2, 0.25) is 0 Å². The maximum atomic E-state index is 12.6. The number of aromatic amines is 1. The number of ether oxygens (including phenoxy) is 2. The number of H-pyrrole nitrogens is 1. The van der Waals surface area contributed by atoms with E-state index >= 15 is 0 Å². The highest BCUT2D eigenvalue weighted by Gasteiger charge is 2.26. The van der Waals surface area contributed by atoms with Crippen LogP contribution in [0.3, 0.4) is 0 Å². The van der Waals surface area contributed by atoms with Crippen molar-refractivity contribution in [2.24, 2.45) is 0 Å². The third-order valence-corrected chi connectivity index (χ3v) is 6.21. The maximum Gasteiger partial charge on any atom is 0.409 e. The molecule has 0 aliphatic carbocycles. The molecule has 0 saturated carbocycles. The average molecular weight is 516 g/mol. The number of anilines is 2. The molecular formula is C27H29N7O4. The molecule has 38 heavy (non-hydrogen) atoms. The molecule has 3 aromatic heterocycles. The summed E-state index contributed by atoms with van der Waals surface area (Å²) in [7, 11) is 0. The van der Waals surface area contributed by atoms with E-state index in [9.17, 15) is 9.59 Å². The van der Waals surface area contributed by atoms with Crippen molar-refractivity contribution in [3.63, 3.8) is 0 Å². The van der Waals surface area contributed by atoms with Crippen LogP contribution in [0, 0.1) is 6.92 Å². The van der Waals surface area contributed by atoms with E-state index in [0.29, 0.717) is 59.4 Å². The monoisotopic (exact) mass is 515 g/mol. The van der Waals surface area contributed by atoms with Crippen molar-refractivity contribution in [1.82, 2.24) is 25.1 Å². The van der Waals surface area contributed by atoms with Gasteiger partial charge in [-0.25, -0.2) is 14.8 Å². The average Bonchev–Trinajstić information content (AvgIpc) is 3.33. The Morgan fingerprint density at radius 1 is 1.13 bits per heavy atom. The Morgan fingerprint density at radius 3 is 2.74 bits per heavy atom. The normalized spacial score (nSPS) is 15.2. The summed E-state index contributed by atoms with van der Waals surface area (Å²) in [5, 5.41) is 14.3. The predicted octanol–water partition coefficient (Wildman–Crippen LogP) is 4.74. The van der Waals surface area contributed by atoms with E-state index in [1.54, 1.807) is 54.5 Å². The first kappa shape index (κ1) is 25.0. The first-order valence-electron chi connectivity index (χ1n) is 12.5. The number of aromatic nitrogens is 4. The van der Waals surface area contributed by atoms with Gasteiger partial charge in [-0.3, -0.25) is 9.89 Å². The lowest BCUT2D eigenvalue weighted by molar-refractivity contribution is 0.0974. The number of nitrogens with one attached hydrogen (secondary N) is 3. The highest BCUT2D eigenvalue weighted by molar-refractivity contribution is 6.03. The predicted molar refractivity (Wildman–Crippen MR) is 143 cm³/mol. The highest BCUT2D eigenvalue weighted by Crippen LogP contribution is 2.33. The van der Waals surface area contributed by atoms with Crippen molar-refractivity contribution in [3.05, 3.63) is 66.0 Å². The summed E-state index contributed by atoms with van der Waals surface area (Å²) in [6.07, 6.45) is 4.74. The van der Waals surface area contributed by atoms with Crippen LogP contribution in [0.1, 0.15) is 35.7 Å². The van der Waals surface area contributed by atoms with Crippen molar-refractivity contribution in [3.8, 4) is 11.5 Å². The molecule has 3 N–H and O–H groups in total. The minimum absolute atomic E-state index is 0.00778. The molecule has 1 fully saturated rings. The summed E-state index contributed by atoms with van der Waals surface area (Å²) in [6.45, 7) is 5.27. The molecule has 1 aliphatic heterocycles. The number of piperidine rings is 1. The molecule has 11 heteroatoms.